The average Bonchev–Trinajstić information content (AvgIpc) is 2.41. The van der Waals surface area contributed by atoms with Crippen LogP contribution in [0.2, 0.25) is 0 Å². The molecule has 1 aliphatic rings. The average molecular weight is 157 g/mol. The van der Waals surface area contributed by atoms with Crippen LogP contribution in [0.3, 0.4) is 0 Å². The number of hydrogen-bond donors (Lipinski definition) is 0. The third-order valence-corrected chi connectivity index (χ3v) is 2.96. The first kappa shape index (κ1) is 7.76. The van der Waals surface area contributed by atoms with Crippen LogP contribution in [0.4, 0.5) is 0 Å². The quantitative estimate of drug-likeness (QED) is 0.352. The minimum absolute atomic E-state index is 0.682. The summed E-state index contributed by atoms with van der Waals surface area (Å²) in [6.45, 7) is 0.682. The van der Waals surface area contributed by atoms with Crippen LogP contribution in [0, 0.1) is 5.92 Å². The number of nitrogens with zero attached hydrogens (tertiary/aromatic N) is 3. The number of rotatable bonds is 3. The molecule has 3 nitrogen and oxygen atoms in total. The van der Waals surface area contributed by atoms with E-state index >= 15 is 0 Å². The third kappa shape index (κ3) is 2.50. The Kier molecular flexibility index (Phi) is 3.47. The monoisotopic (exact) mass is 157 g/mol. The van der Waals surface area contributed by atoms with E-state index in [1.54, 1.807) is 0 Å². The molecule has 0 aromatic heterocycles. The largest absolute Gasteiger partial charge is 0.162 e. The molecule has 1 saturated heterocycles. The molecule has 0 N–H and O–H groups in total. The Labute approximate surface area is 64.8 Å². The van der Waals surface area contributed by atoms with Crippen LogP contribution in [0.25, 0.3) is 10.4 Å². The molecule has 0 aromatic rings. The third-order valence-electron chi connectivity index (χ3n) is 1.72. The smallest absolute Gasteiger partial charge is 0.0260 e. The van der Waals surface area contributed by atoms with Crippen molar-refractivity contribution in [3.63, 3.8) is 0 Å². The summed E-state index contributed by atoms with van der Waals surface area (Å²) >= 11 is 2.01. The van der Waals surface area contributed by atoms with E-state index in [4.69, 9.17) is 5.53 Å². The van der Waals surface area contributed by atoms with Gasteiger partial charge in [-0.15, -0.1) is 0 Å². The predicted molar refractivity (Wildman–Crippen MR) is 44.1 cm³/mol. The van der Waals surface area contributed by atoms with Crippen LogP contribution in [0.5, 0.6) is 0 Å². The van der Waals surface area contributed by atoms with Gasteiger partial charge in [-0.1, -0.05) is 5.11 Å². The maximum atomic E-state index is 7.99. The van der Waals surface area contributed by atoms with Gasteiger partial charge in [0.2, 0.25) is 0 Å². The highest BCUT2D eigenvalue weighted by Gasteiger charge is 2.13. The highest BCUT2D eigenvalue weighted by atomic mass is 32.2. The van der Waals surface area contributed by atoms with E-state index in [0.717, 1.165) is 12.3 Å². The molecule has 4 heteroatoms. The Bertz CT molecular complexity index is 136. The fraction of sp³-hybridized carbons (Fsp3) is 1.00. The summed E-state index contributed by atoms with van der Waals surface area (Å²) in [5.41, 5.74) is 7.99. The van der Waals surface area contributed by atoms with Gasteiger partial charge in [0.05, 0.1) is 0 Å². The predicted octanol–water partition coefficient (Wildman–Crippen LogP) is 2.44. The Balaban J connectivity index is 2.06. The first-order valence-corrected chi connectivity index (χ1v) is 4.67. The molecule has 0 amide bonds. The summed E-state index contributed by atoms with van der Waals surface area (Å²) in [7, 11) is 0. The van der Waals surface area contributed by atoms with Gasteiger partial charge in [-0.05, 0) is 35.8 Å². The van der Waals surface area contributed by atoms with Crippen molar-refractivity contribution in [2.75, 3.05) is 18.1 Å². The molecule has 56 valence electrons. The highest BCUT2D eigenvalue weighted by Crippen LogP contribution is 2.25. The van der Waals surface area contributed by atoms with Crippen LogP contribution >= 0.6 is 11.8 Å². The first-order chi connectivity index (χ1) is 4.93. The summed E-state index contributed by atoms with van der Waals surface area (Å²) in [5.74, 6) is 3.37. The van der Waals surface area contributed by atoms with Crippen molar-refractivity contribution in [1.29, 1.82) is 0 Å². The molecule has 0 aliphatic carbocycles. The van der Waals surface area contributed by atoms with Crippen molar-refractivity contribution in [2.24, 2.45) is 11.0 Å². The molecule has 1 unspecified atom stereocenters. The van der Waals surface area contributed by atoms with Crippen molar-refractivity contribution in [3.8, 4) is 0 Å². The van der Waals surface area contributed by atoms with Crippen molar-refractivity contribution in [1.82, 2.24) is 0 Å². The first-order valence-electron chi connectivity index (χ1n) is 3.52. The van der Waals surface area contributed by atoms with E-state index < -0.39 is 0 Å². The second kappa shape index (κ2) is 4.47. The molecule has 1 atom stereocenters. The summed E-state index contributed by atoms with van der Waals surface area (Å²) in [6, 6.07) is 0. The molecular formula is C6H11N3S. The molecule has 0 radical (unpaired) electrons. The van der Waals surface area contributed by atoms with Crippen LogP contribution in [0.15, 0.2) is 5.11 Å². The van der Waals surface area contributed by atoms with Crippen molar-refractivity contribution >= 4 is 11.8 Å². The maximum Gasteiger partial charge on any atom is 0.0260 e. The minimum Gasteiger partial charge on any atom is -0.162 e. The second-order valence-corrected chi connectivity index (χ2v) is 3.62. The minimum atomic E-state index is 0.682. The van der Waals surface area contributed by atoms with Gasteiger partial charge in [0.25, 0.3) is 0 Å². The summed E-state index contributed by atoms with van der Waals surface area (Å²) in [4.78, 5) is 2.71. The maximum absolute atomic E-state index is 7.99. The molecule has 0 bridgehead atoms. The van der Waals surface area contributed by atoms with E-state index in [2.05, 4.69) is 10.0 Å². The SMILES string of the molecule is [N-]=[N+]=NCCC1CCSC1. The second-order valence-electron chi connectivity index (χ2n) is 2.47. The van der Waals surface area contributed by atoms with Crippen LogP contribution < -0.4 is 0 Å². The van der Waals surface area contributed by atoms with E-state index in [0.29, 0.717) is 6.54 Å². The normalized spacial score (nSPS) is 24.2. The molecule has 0 aromatic carbocycles. The van der Waals surface area contributed by atoms with Crippen molar-refractivity contribution in [2.45, 2.75) is 12.8 Å². The Hall–Kier alpha value is -0.340. The van der Waals surface area contributed by atoms with E-state index in [1.807, 2.05) is 11.8 Å². The van der Waals surface area contributed by atoms with Gasteiger partial charge >= 0.3 is 0 Å². The van der Waals surface area contributed by atoms with Crippen molar-refractivity contribution in [3.05, 3.63) is 10.4 Å². The Morgan fingerprint density at radius 1 is 1.70 bits per heavy atom. The van der Waals surface area contributed by atoms with Crippen LogP contribution in [-0.4, -0.2) is 18.1 Å². The van der Waals surface area contributed by atoms with Gasteiger partial charge < -0.3 is 0 Å². The van der Waals surface area contributed by atoms with Gasteiger partial charge in [-0.3, -0.25) is 0 Å². The standard InChI is InChI=1S/C6H11N3S/c7-9-8-3-1-6-2-4-10-5-6/h6H,1-5H2. The zero-order valence-electron chi connectivity index (χ0n) is 5.86. The zero-order chi connectivity index (χ0) is 7.23. The number of hydrogen-bond acceptors (Lipinski definition) is 2. The van der Waals surface area contributed by atoms with Crippen molar-refractivity contribution < 1.29 is 0 Å². The lowest BCUT2D eigenvalue weighted by Crippen LogP contribution is -1.98. The molecule has 1 fully saturated rings. The Morgan fingerprint density at radius 3 is 3.20 bits per heavy atom. The molecule has 0 saturated carbocycles. The lowest BCUT2D eigenvalue weighted by atomic mass is 10.1. The molecular weight excluding hydrogens is 146 g/mol. The molecule has 1 heterocycles. The molecule has 0 spiro atoms. The summed E-state index contributed by atoms with van der Waals surface area (Å²) in [6.07, 6.45) is 2.39. The fourth-order valence-corrected chi connectivity index (χ4v) is 2.43. The van der Waals surface area contributed by atoms with E-state index in [-0.39, 0.29) is 0 Å². The highest BCUT2D eigenvalue weighted by molar-refractivity contribution is 7.99. The van der Waals surface area contributed by atoms with Gasteiger partial charge in [0.15, 0.2) is 0 Å². The van der Waals surface area contributed by atoms with Crippen LogP contribution in [-0.2, 0) is 0 Å². The molecule has 1 aliphatic heterocycles. The van der Waals surface area contributed by atoms with Gasteiger partial charge in [-0.25, -0.2) is 0 Å². The van der Waals surface area contributed by atoms with Crippen LogP contribution in [0.1, 0.15) is 12.8 Å². The zero-order valence-corrected chi connectivity index (χ0v) is 6.68. The molecule has 1 rings (SSSR count). The Morgan fingerprint density at radius 2 is 2.60 bits per heavy atom. The lowest BCUT2D eigenvalue weighted by molar-refractivity contribution is 0.554. The summed E-state index contributed by atoms with van der Waals surface area (Å²) < 4.78 is 0. The fourth-order valence-electron chi connectivity index (χ4n) is 1.10. The number of azide groups is 1. The van der Waals surface area contributed by atoms with Gasteiger partial charge in [0.1, 0.15) is 0 Å². The van der Waals surface area contributed by atoms with Gasteiger partial charge in [0, 0.05) is 11.5 Å². The molecule has 10 heavy (non-hydrogen) atoms. The number of thioether (sulfide) groups is 1. The van der Waals surface area contributed by atoms with E-state index in [9.17, 15) is 0 Å². The van der Waals surface area contributed by atoms with Gasteiger partial charge in [-0.2, -0.15) is 11.8 Å². The summed E-state index contributed by atoms with van der Waals surface area (Å²) in [5, 5.41) is 3.51. The topological polar surface area (TPSA) is 48.8 Å². The lowest BCUT2D eigenvalue weighted by Gasteiger charge is -2.02. The van der Waals surface area contributed by atoms with E-state index in [1.165, 1.54) is 17.9 Å².